The van der Waals surface area contributed by atoms with E-state index >= 15 is 0 Å². The van der Waals surface area contributed by atoms with Crippen LogP contribution in [0.1, 0.15) is 50.2 Å². The fourth-order valence-electron chi connectivity index (χ4n) is 6.78. The molecule has 0 atom stereocenters. The average molecular weight is 841 g/mol. The van der Waals surface area contributed by atoms with Gasteiger partial charge in [0.1, 0.15) is 13.2 Å². The molecule has 0 saturated heterocycles. The molecule has 1 aliphatic heterocycles. The van der Waals surface area contributed by atoms with Crippen LogP contribution >= 0.6 is 0 Å². The van der Waals surface area contributed by atoms with Crippen molar-refractivity contribution in [1.29, 1.82) is 0 Å². The lowest BCUT2D eigenvalue weighted by Gasteiger charge is -2.26. The summed E-state index contributed by atoms with van der Waals surface area (Å²) in [4.78, 5) is 4.96. The Morgan fingerprint density at radius 2 is 1.00 bits per heavy atom. The summed E-state index contributed by atoms with van der Waals surface area (Å²) in [6.45, 7) is 6.09. The Morgan fingerprint density at radius 1 is 0.550 bits per heavy atom. The normalized spacial score (nSPS) is 14.5. The number of aromatic nitrogens is 1. The third-order valence-corrected chi connectivity index (χ3v) is 10.0. The minimum absolute atomic E-state index is 0.0229. The van der Waals surface area contributed by atoms with Gasteiger partial charge in [-0.15, -0.1) is 0 Å². The number of halogens is 10. The smallest absolute Gasteiger partial charge is 0.385 e. The molecule has 0 unspecified atom stereocenters. The van der Waals surface area contributed by atoms with Gasteiger partial charge in [0, 0.05) is 28.1 Å². The van der Waals surface area contributed by atoms with Crippen LogP contribution in [0.5, 0.6) is 0 Å². The third kappa shape index (κ3) is 9.32. The van der Waals surface area contributed by atoms with Crippen LogP contribution in [0.25, 0.3) is 34.0 Å². The van der Waals surface area contributed by atoms with Crippen molar-refractivity contribution in [3.05, 3.63) is 153 Å². The fraction of sp³-hybridized carbons (Fsp3) is 0.267. The maximum absolute atomic E-state index is 14.6. The highest BCUT2D eigenvalue weighted by atomic mass is 19.4. The van der Waals surface area contributed by atoms with E-state index in [2.05, 4.69) is 0 Å². The summed E-state index contributed by atoms with van der Waals surface area (Å²) >= 11 is 0. The molecule has 1 aliphatic rings. The van der Waals surface area contributed by atoms with Crippen LogP contribution < -0.4 is 0 Å². The van der Waals surface area contributed by atoms with Gasteiger partial charge in [0.05, 0.1) is 11.4 Å². The van der Waals surface area contributed by atoms with Crippen molar-refractivity contribution in [1.82, 2.24) is 4.48 Å². The van der Waals surface area contributed by atoms with Crippen LogP contribution in [0.15, 0.2) is 108 Å². The van der Waals surface area contributed by atoms with Crippen molar-refractivity contribution in [2.45, 2.75) is 65.7 Å². The Morgan fingerprint density at radius 3 is 1.47 bits per heavy atom. The van der Waals surface area contributed by atoms with Crippen molar-refractivity contribution in [3.8, 4) is 22.4 Å². The molecule has 4 aromatic carbocycles. The highest BCUT2D eigenvalue weighted by Gasteiger charge is 2.60. The molecule has 0 bridgehead atoms. The van der Waals surface area contributed by atoms with E-state index in [1.165, 1.54) is 12.1 Å². The van der Waals surface area contributed by atoms with Crippen LogP contribution in [0.2, 0.25) is 0 Å². The first-order valence-corrected chi connectivity index (χ1v) is 18.6. The number of hydrogen-bond acceptors (Lipinski definition) is 3. The lowest BCUT2D eigenvalue weighted by molar-refractivity contribution is -0.295. The van der Waals surface area contributed by atoms with Gasteiger partial charge in [0.15, 0.2) is 0 Å². The number of aryl methyl sites for hydroxylation is 6. The minimum atomic E-state index is -6.17. The van der Waals surface area contributed by atoms with E-state index in [-0.39, 0.29) is 28.2 Å². The van der Waals surface area contributed by atoms with E-state index in [1.807, 2.05) is 82.3 Å². The van der Waals surface area contributed by atoms with Crippen molar-refractivity contribution < 1.29 is 53.2 Å². The fourth-order valence-corrected chi connectivity index (χ4v) is 6.78. The van der Waals surface area contributed by atoms with Crippen molar-refractivity contribution >= 4 is 24.6 Å². The molecule has 0 spiro atoms. The first kappa shape index (κ1) is 44.2. The van der Waals surface area contributed by atoms with E-state index in [9.17, 15) is 43.9 Å². The van der Waals surface area contributed by atoms with E-state index in [0.717, 1.165) is 37.9 Å². The van der Waals surface area contributed by atoms with E-state index in [4.69, 9.17) is 14.3 Å². The number of aliphatic imine (C=N–C) groups is 1. The van der Waals surface area contributed by atoms with Crippen LogP contribution in [-0.2, 0) is 9.31 Å². The molecule has 4 nitrogen and oxygen atoms in total. The first-order valence-electron chi connectivity index (χ1n) is 18.6. The van der Waals surface area contributed by atoms with Gasteiger partial charge < -0.3 is 13.8 Å². The quantitative estimate of drug-likeness (QED) is 0.0927. The molecule has 0 radical (unpaired) electrons. The van der Waals surface area contributed by atoms with Gasteiger partial charge in [-0.05, 0) is 87.6 Å². The summed E-state index contributed by atoms with van der Waals surface area (Å²) in [5.74, 6) is -11.1. The number of hydrogen-bond donors (Lipinski definition) is 0. The lowest BCUT2D eigenvalue weighted by atomic mass is 9.94. The summed E-state index contributed by atoms with van der Waals surface area (Å²) in [6, 6.07) is 26.5. The Kier molecular flexibility index (Phi) is 12.2. The number of alkyl halides is 10. The predicted molar refractivity (Wildman–Crippen MR) is 214 cm³/mol. The van der Waals surface area contributed by atoms with E-state index < -0.39 is 44.7 Å². The van der Waals surface area contributed by atoms with Crippen LogP contribution in [-0.4, -0.2) is 54.9 Å². The predicted octanol–water partition coefficient (Wildman–Crippen LogP) is 12.9. The molecule has 0 fully saturated rings. The molecule has 314 valence electrons. The summed E-state index contributed by atoms with van der Waals surface area (Å²) in [5.41, 5.74) is 8.80. The number of nitrogens with zero attached hydrogens (tertiary/aromatic N) is 2. The van der Waals surface area contributed by atoms with Gasteiger partial charge in [-0.2, -0.15) is 43.9 Å². The molecular weight excluding hydrogens is 801 g/mol. The van der Waals surface area contributed by atoms with Gasteiger partial charge in [-0.25, -0.2) is 4.99 Å². The van der Waals surface area contributed by atoms with E-state index in [1.54, 1.807) is 50.2 Å². The van der Waals surface area contributed by atoms with Crippen LogP contribution in [0.3, 0.4) is 0 Å². The van der Waals surface area contributed by atoms with Gasteiger partial charge in [0.2, 0.25) is 0 Å². The molecule has 5 aromatic rings. The van der Waals surface area contributed by atoms with Gasteiger partial charge in [-0.3, -0.25) is 0 Å². The standard InChI is InChI=1S/C45H39BF10N2O2/c1-26-7-13-32(14-8-26)38-21-36(34-17-11-28(3)19-30(34)5)39(57-38)23-41-37(35-18-12-29(4)20-31(35)6)22-40(33-15-9-27(2)10-16-33)58(41)46(59-24-42(47,48)44(51,52)53)60-25-43(49,50)45(54,55)56/h7-23H,24-25H2,1-6H3/b39-23-. The van der Waals surface area contributed by atoms with Crippen LogP contribution in [0, 0.1) is 41.5 Å². The summed E-state index contributed by atoms with van der Waals surface area (Å²) in [6.07, 6.45) is -9.05. The zero-order chi connectivity index (χ0) is 43.9. The molecular formula is C45H39BF10N2O2. The lowest BCUT2D eigenvalue weighted by Crippen LogP contribution is -2.48. The Balaban J connectivity index is 1.70. The highest BCUT2D eigenvalue weighted by molar-refractivity contribution is 6.44. The molecule has 60 heavy (non-hydrogen) atoms. The number of allylic oxidation sites excluding steroid dienone is 2. The molecule has 6 rings (SSSR count). The van der Waals surface area contributed by atoms with E-state index in [0.29, 0.717) is 28.0 Å². The summed E-state index contributed by atoms with van der Waals surface area (Å²) < 4.78 is 151. The second-order valence-electron chi connectivity index (χ2n) is 15.0. The average Bonchev–Trinajstić information content (AvgIpc) is 3.73. The summed E-state index contributed by atoms with van der Waals surface area (Å²) in [5, 5.41) is 0. The Hall–Kier alpha value is -5.41. The van der Waals surface area contributed by atoms with Gasteiger partial charge in [-0.1, -0.05) is 107 Å². The molecule has 2 heterocycles. The van der Waals surface area contributed by atoms with Crippen molar-refractivity contribution in [2.24, 2.45) is 4.99 Å². The maximum Gasteiger partial charge on any atom is 0.598 e. The molecule has 0 N–H and O–H groups in total. The largest absolute Gasteiger partial charge is 0.598 e. The Bertz CT molecular complexity index is 2450. The zero-order valence-electron chi connectivity index (χ0n) is 33.3. The maximum atomic E-state index is 14.6. The Labute approximate surface area is 341 Å². The molecule has 0 saturated carbocycles. The van der Waals surface area contributed by atoms with Crippen LogP contribution in [0.4, 0.5) is 43.9 Å². The van der Waals surface area contributed by atoms with Crippen molar-refractivity contribution in [2.75, 3.05) is 13.2 Å². The monoisotopic (exact) mass is 840 g/mol. The molecule has 1 aromatic heterocycles. The highest BCUT2D eigenvalue weighted by Crippen LogP contribution is 2.42. The van der Waals surface area contributed by atoms with Gasteiger partial charge in [0.25, 0.3) is 0 Å². The second-order valence-corrected chi connectivity index (χ2v) is 15.0. The van der Waals surface area contributed by atoms with Crippen molar-refractivity contribution in [3.63, 3.8) is 0 Å². The molecule has 15 heteroatoms. The molecule has 0 amide bonds. The van der Waals surface area contributed by atoms with Gasteiger partial charge >= 0.3 is 31.5 Å². The summed E-state index contributed by atoms with van der Waals surface area (Å²) in [7, 11) is -2.70. The third-order valence-electron chi connectivity index (χ3n) is 10.0. The second kappa shape index (κ2) is 16.6. The first-order chi connectivity index (χ1) is 28.0. The number of benzene rings is 4. The SMILES string of the molecule is Cc1ccc(C2=N/C(=C\c3c(-c4ccc(C)cc4C)cc(-c4ccc(C)cc4)n3B(OCC(F)(F)C(F)(F)F)OCC(F)(F)C(F)(F)F)C(c3ccc(C)cc3C)=C2)cc1. The topological polar surface area (TPSA) is 35.8 Å². The minimum Gasteiger partial charge on any atom is -0.385 e. The zero-order valence-corrected chi connectivity index (χ0v) is 33.3. The number of rotatable bonds is 12. The molecule has 0 aliphatic carbocycles.